The molecule has 1 atom stereocenters. The number of halogens is 3. The Morgan fingerprint density at radius 3 is 2.30 bits per heavy atom. The molecule has 1 fully saturated rings. The summed E-state index contributed by atoms with van der Waals surface area (Å²) in [7, 11) is 0. The molecule has 0 bridgehead atoms. The van der Waals surface area contributed by atoms with Gasteiger partial charge in [-0.15, -0.1) is 6.58 Å². The SMILES string of the molecule is C=CC[C@@H](c1ccc(C(F)(F)F)cc1)N1CCNCC1. The van der Waals surface area contributed by atoms with Crippen molar-refractivity contribution >= 4 is 0 Å². The minimum absolute atomic E-state index is 0.108. The summed E-state index contributed by atoms with van der Waals surface area (Å²) in [6, 6.07) is 5.59. The molecule has 1 aromatic rings. The van der Waals surface area contributed by atoms with E-state index in [1.807, 2.05) is 6.08 Å². The molecule has 1 aliphatic heterocycles. The van der Waals surface area contributed by atoms with E-state index < -0.39 is 11.7 Å². The van der Waals surface area contributed by atoms with Crippen molar-refractivity contribution in [3.05, 3.63) is 48.0 Å². The topological polar surface area (TPSA) is 15.3 Å². The lowest BCUT2D eigenvalue weighted by molar-refractivity contribution is -0.137. The van der Waals surface area contributed by atoms with E-state index in [0.717, 1.165) is 50.3 Å². The minimum atomic E-state index is -4.28. The van der Waals surface area contributed by atoms with Crippen LogP contribution in [0.25, 0.3) is 0 Å². The van der Waals surface area contributed by atoms with Gasteiger partial charge in [0.25, 0.3) is 0 Å². The zero-order valence-electron chi connectivity index (χ0n) is 11.3. The zero-order valence-corrected chi connectivity index (χ0v) is 11.3. The van der Waals surface area contributed by atoms with Crippen LogP contribution in [0.3, 0.4) is 0 Å². The van der Waals surface area contributed by atoms with Crippen molar-refractivity contribution in [2.45, 2.75) is 18.6 Å². The summed E-state index contributed by atoms with van der Waals surface area (Å²) in [5.74, 6) is 0. The second kappa shape index (κ2) is 6.41. The molecule has 0 aliphatic carbocycles. The van der Waals surface area contributed by atoms with Gasteiger partial charge in [0.1, 0.15) is 0 Å². The molecule has 0 amide bonds. The van der Waals surface area contributed by atoms with E-state index in [4.69, 9.17) is 0 Å². The molecular formula is C15H19F3N2. The van der Waals surface area contributed by atoms with Gasteiger partial charge in [-0.05, 0) is 24.1 Å². The van der Waals surface area contributed by atoms with Crippen LogP contribution in [-0.4, -0.2) is 31.1 Å². The van der Waals surface area contributed by atoms with Gasteiger partial charge in [0.2, 0.25) is 0 Å². The molecule has 1 aliphatic rings. The fourth-order valence-corrected chi connectivity index (χ4v) is 2.54. The molecule has 0 radical (unpaired) electrons. The molecule has 0 saturated carbocycles. The fourth-order valence-electron chi connectivity index (χ4n) is 2.54. The van der Waals surface area contributed by atoms with Crippen LogP contribution < -0.4 is 5.32 Å². The number of nitrogens with one attached hydrogen (secondary N) is 1. The van der Waals surface area contributed by atoms with Crippen LogP contribution in [0.2, 0.25) is 0 Å². The Morgan fingerprint density at radius 2 is 1.80 bits per heavy atom. The number of nitrogens with zero attached hydrogens (tertiary/aromatic N) is 1. The van der Waals surface area contributed by atoms with Crippen LogP contribution in [0.4, 0.5) is 13.2 Å². The lowest BCUT2D eigenvalue weighted by atomic mass is 9.99. The summed E-state index contributed by atoms with van der Waals surface area (Å²) in [5.41, 5.74) is 0.318. The average Bonchev–Trinajstić information content (AvgIpc) is 2.45. The van der Waals surface area contributed by atoms with Crippen molar-refractivity contribution in [3.8, 4) is 0 Å². The first kappa shape index (κ1) is 15.1. The highest BCUT2D eigenvalue weighted by Gasteiger charge is 2.30. The molecule has 0 aromatic heterocycles. The number of hydrogen-bond donors (Lipinski definition) is 1. The maximum Gasteiger partial charge on any atom is 0.416 e. The molecule has 0 spiro atoms. The molecule has 110 valence electrons. The van der Waals surface area contributed by atoms with Gasteiger partial charge in [-0.3, -0.25) is 4.90 Å². The Balaban J connectivity index is 2.18. The summed E-state index contributed by atoms with van der Waals surface area (Å²) in [6.45, 7) is 7.38. The first-order valence-electron chi connectivity index (χ1n) is 6.75. The van der Waals surface area contributed by atoms with Crippen LogP contribution in [0.5, 0.6) is 0 Å². The molecular weight excluding hydrogens is 265 g/mol. The fraction of sp³-hybridized carbons (Fsp3) is 0.467. The minimum Gasteiger partial charge on any atom is -0.314 e. The lowest BCUT2D eigenvalue weighted by Gasteiger charge is -2.35. The van der Waals surface area contributed by atoms with E-state index in [1.165, 1.54) is 0 Å². The molecule has 2 nitrogen and oxygen atoms in total. The van der Waals surface area contributed by atoms with E-state index in [0.29, 0.717) is 0 Å². The monoisotopic (exact) mass is 284 g/mol. The van der Waals surface area contributed by atoms with E-state index in [9.17, 15) is 13.2 Å². The quantitative estimate of drug-likeness (QED) is 0.854. The molecule has 0 unspecified atom stereocenters. The van der Waals surface area contributed by atoms with Crippen LogP contribution in [0, 0.1) is 0 Å². The van der Waals surface area contributed by atoms with Crippen molar-refractivity contribution in [1.29, 1.82) is 0 Å². The maximum absolute atomic E-state index is 12.6. The molecule has 2 rings (SSSR count). The third-order valence-electron chi connectivity index (χ3n) is 3.61. The second-order valence-electron chi connectivity index (χ2n) is 4.95. The van der Waals surface area contributed by atoms with Crippen molar-refractivity contribution in [1.82, 2.24) is 10.2 Å². The van der Waals surface area contributed by atoms with E-state index in [-0.39, 0.29) is 6.04 Å². The summed E-state index contributed by atoms with van der Waals surface area (Å²) in [5, 5.41) is 3.28. The summed E-state index contributed by atoms with van der Waals surface area (Å²) in [6.07, 6.45) is -1.71. The molecule has 5 heteroatoms. The van der Waals surface area contributed by atoms with Crippen molar-refractivity contribution in [2.75, 3.05) is 26.2 Å². The normalized spacial score (nSPS) is 18.8. The predicted molar refractivity (Wildman–Crippen MR) is 73.4 cm³/mol. The maximum atomic E-state index is 12.6. The van der Waals surface area contributed by atoms with Crippen LogP contribution >= 0.6 is 0 Å². The highest BCUT2D eigenvalue weighted by atomic mass is 19.4. The second-order valence-corrected chi connectivity index (χ2v) is 4.95. The van der Waals surface area contributed by atoms with Gasteiger partial charge in [-0.1, -0.05) is 18.2 Å². The molecule has 1 aromatic carbocycles. The molecule has 1 heterocycles. The third kappa shape index (κ3) is 3.61. The Hall–Kier alpha value is -1.33. The Bertz CT molecular complexity index is 433. The summed E-state index contributed by atoms with van der Waals surface area (Å²) in [4.78, 5) is 2.29. The van der Waals surface area contributed by atoms with Crippen molar-refractivity contribution in [3.63, 3.8) is 0 Å². The third-order valence-corrected chi connectivity index (χ3v) is 3.61. The number of alkyl halides is 3. The largest absolute Gasteiger partial charge is 0.416 e. The van der Waals surface area contributed by atoms with E-state index in [2.05, 4.69) is 16.8 Å². The van der Waals surface area contributed by atoms with Gasteiger partial charge in [0.05, 0.1) is 5.56 Å². The Kier molecular flexibility index (Phi) is 4.83. The van der Waals surface area contributed by atoms with E-state index in [1.54, 1.807) is 12.1 Å². The summed E-state index contributed by atoms with van der Waals surface area (Å²) < 4.78 is 37.8. The van der Waals surface area contributed by atoms with Crippen LogP contribution in [-0.2, 0) is 6.18 Å². The molecule has 1 saturated heterocycles. The van der Waals surface area contributed by atoms with Crippen molar-refractivity contribution in [2.24, 2.45) is 0 Å². The zero-order chi connectivity index (χ0) is 14.6. The lowest BCUT2D eigenvalue weighted by Crippen LogP contribution is -2.45. The van der Waals surface area contributed by atoms with Gasteiger partial charge < -0.3 is 5.32 Å². The average molecular weight is 284 g/mol. The van der Waals surface area contributed by atoms with Crippen LogP contribution in [0.15, 0.2) is 36.9 Å². The highest BCUT2D eigenvalue weighted by molar-refractivity contribution is 5.27. The Labute approximate surface area is 117 Å². The van der Waals surface area contributed by atoms with Gasteiger partial charge in [-0.25, -0.2) is 0 Å². The van der Waals surface area contributed by atoms with Crippen molar-refractivity contribution < 1.29 is 13.2 Å². The standard InChI is InChI=1S/C15H19F3N2/c1-2-3-14(20-10-8-19-9-11-20)12-4-6-13(7-5-12)15(16,17)18/h2,4-7,14,19H,1,3,8-11H2/t14-/m0/s1. The van der Waals surface area contributed by atoms with E-state index >= 15 is 0 Å². The van der Waals surface area contributed by atoms with Gasteiger partial charge in [-0.2, -0.15) is 13.2 Å². The van der Waals surface area contributed by atoms with Gasteiger partial charge in [0.15, 0.2) is 0 Å². The number of hydrogen-bond acceptors (Lipinski definition) is 2. The summed E-state index contributed by atoms with van der Waals surface area (Å²) >= 11 is 0. The smallest absolute Gasteiger partial charge is 0.314 e. The highest BCUT2D eigenvalue weighted by Crippen LogP contribution is 2.31. The van der Waals surface area contributed by atoms with Crippen LogP contribution in [0.1, 0.15) is 23.6 Å². The van der Waals surface area contributed by atoms with Gasteiger partial charge >= 0.3 is 6.18 Å². The van der Waals surface area contributed by atoms with Gasteiger partial charge in [0, 0.05) is 32.2 Å². The number of piperazine rings is 1. The first-order chi connectivity index (χ1) is 9.52. The molecule has 20 heavy (non-hydrogen) atoms. The predicted octanol–water partition coefficient (Wildman–Crippen LogP) is 3.23. The first-order valence-corrected chi connectivity index (χ1v) is 6.75. The number of rotatable bonds is 4. The Morgan fingerprint density at radius 1 is 1.20 bits per heavy atom. The molecule has 1 N–H and O–H groups in total. The number of benzene rings is 1.